The highest BCUT2D eigenvalue weighted by Gasteiger charge is 2.41. The second-order valence-electron chi connectivity index (χ2n) is 18.8. The normalized spacial score (nSPS) is 25.8. The third-order valence-corrected chi connectivity index (χ3v) is 15.0. The topological polar surface area (TPSA) is 447 Å². The van der Waals surface area contributed by atoms with E-state index >= 15 is 0 Å². The zero-order valence-corrected chi connectivity index (χ0v) is 44.4. The van der Waals surface area contributed by atoms with Gasteiger partial charge in [-0.25, -0.2) is 4.79 Å². The van der Waals surface area contributed by atoms with Gasteiger partial charge in [-0.05, 0) is 68.1 Å². The van der Waals surface area contributed by atoms with Gasteiger partial charge in [0.05, 0.1) is 6.04 Å². The number of phenolic OH excluding ortho intramolecular Hbond substituents is 1. The number of aromatic hydroxyl groups is 1. The summed E-state index contributed by atoms with van der Waals surface area (Å²) in [7, 11) is 1.92. The number of carboxylic acids is 3. The van der Waals surface area contributed by atoms with Crippen molar-refractivity contribution < 1.29 is 73.2 Å². The average molecular weight is 1110 g/mol. The molecule has 422 valence electrons. The predicted octanol–water partition coefficient (Wildman–Crippen LogP) is -2.39. The number of rotatable bonds is 16. The van der Waals surface area contributed by atoms with Crippen LogP contribution in [0.15, 0.2) is 29.3 Å². The first-order chi connectivity index (χ1) is 35.8. The number of nitrogens with one attached hydrogen (secondary N) is 7. The number of nitrogens with two attached hydrogens (primary N) is 3. The molecular weight excluding hydrogens is 1040 g/mol. The Morgan fingerprint density at radius 3 is 1.75 bits per heavy atom. The minimum Gasteiger partial charge on any atom is -0.508 e. The monoisotopic (exact) mass is 1110 g/mol. The Hall–Kier alpha value is -6.88. The highest BCUT2D eigenvalue weighted by Crippen LogP contribution is 2.24. The van der Waals surface area contributed by atoms with Gasteiger partial charge in [0.2, 0.25) is 47.3 Å². The molecule has 1 aromatic carbocycles. The van der Waals surface area contributed by atoms with Gasteiger partial charge in [-0.3, -0.25) is 52.9 Å². The first-order valence-electron chi connectivity index (χ1n) is 24.8. The van der Waals surface area contributed by atoms with Crippen LogP contribution in [0.3, 0.4) is 0 Å². The summed E-state index contributed by atoms with van der Waals surface area (Å²) >= 11 is 0. The number of aliphatic imine (C=N–C) groups is 1. The van der Waals surface area contributed by atoms with Crippen LogP contribution in [0.5, 0.6) is 5.75 Å². The smallest absolute Gasteiger partial charge is 0.327 e. The second kappa shape index (κ2) is 31.2. The largest absolute Gasteiger partial charge is 0.508 e. The van der Waals surface area contributed by atoms with Gasteiger partial charge in [-0.15, -0.1) is 0 Å². The molecule has 27 nitrogen and oxygen atoms in total. The number of carboxylic acid groups (broad SMARTS) is 3. The van der Waals surface area contributed by atoms with Crippen molar-refractivity contribution in [2.24, 2.45) is 34.0 Å². The summed E-state index contributed by atoms with van der Waals surface area (Å²) in [4.78, 5) is 154. The molecule has 0 aliphatic carbocycles. The predicted molar refractivity (Wildman–Crippen MR) is 279 cm³/mol. The van der Waals surface area contributed by atoms with Crippen LogP contribution in [0.1, 0.15) is 91.0 Å². The van der Waals surface area contributed by atoms with Gasteiger partial charge in [-0.2, -0.15) is 0 Å². The molecule has 8 amide bonds. The highest BCUT2D eigenvalue weighted by molar-refractivity contribution is 8.76. The lowest BCUT2D eigenvalue weighted by Crippen LogP contribution is -2.61. The third-order valence-electron chi connectivity index (χ3n) is 12.5. The number of aliphatic carboxylic acids is 3. The Morgan fingerprint density at radius 2 is 1.20 bits per heavy atom. The van der Waals surface area contributed by atoms with E-state index in [0.717, 1.165) is 21.6 Å². The van der Waals surface area contributed by atoms with Crippen LogP contribution in [-0.2, 0) is 59.2 Å². The van der Waals surface area contributed by atoms with E-state index in [1.165, 1.54) is 43.0 Å². The molecule has 2 aliphatic rings. The van der Waals surface area contributed by atoms with Crippen molar-refractivity contribution in [1.29, 1.82) is 0 Å². The fraction of sp³-hybridized carbons (Fsp3) is 0.617. The first-order valence-corrected chi connectivity index (χ1v) is 27.2. The Balaban J connectivity index is 2.15. The van der Waals surface area contributed by atoms with Crippen LogP contribution in [0.4, 0.5) is 0 Å². The van der Waals surface area contributed by atoms with E-state index < -0.39 is 157 Å². The maximum Gasteiger partial charge on any atom is 0.327 e. The molecular formula is C47H72N12O15S2. The van der Waals surface area contributed by atoms with E-state index in [0.29, 0.717) is 5.56 Å². The van der Waals surface area contributed by atoms with E-state index in [1.54, 1.807) is 13.8 Å². The van der Waals surface area contributed by atoms with Crippen molar-refractivity contribution >= 4 is 92.7 Å². The number of nitrogens with zero attached hydrogens (tertiary/aromatic N) is 2. The van der Waals surface area contributed by atoms with E-state index in [4.69, 9.17) is 17.2 Å². The fourth-order valence-corrected chi connectivity index (χ4v) is 10.3. The zero-order chi connectivity index (χ0) is 56.8. The molecule has 2 aliphatic heterocycles. The van der Waals surface area contributed by atoms with Crippen LogP contribution in [0.25, 0.3) is 0 Å². The summed E-state index contributed by atoms with van der Waals surface area (Å²) in [6.45, 7) is 6.37. The lowest BCUT2D eigenvalue weighted by molar-refractivity contribution is -0.143. The van der Waals surface area contributed by atoms with Gasteiger partial charge in [0, 0.05) is 43.9 Å². The number of guanidine groups is 1. The van der Waals surface area contributed by atoms with Crippen molar-refractivity contribution in [2.45, 2.75) is 146 Å². The standard InChI is InChI=1S/C47H72N12O15S2/c1-5-24(4)37-44(71)56-32(46(73)74)22-76-75-21-27(48)38(65)52-28(8-6-18-51-47(49)50)39(66)55-31(20-25-10-12-26(60)13-11-25)45(72)59-19-7-9-33(59)42(69)53-29(14-16-34(61)62)40(67)57-36(23(2)3)43(70)54-30(41(68)58-37)15-17-35(63)64/h10-13,23-24,27-33,36-37,60H,5-9,14-22,48H2,1-4H3,(H,52,65)(H,53,69)(H,54,70)(H,55,66)(H,56,71)(H,57,67)(H,58,68)(H,61,62)(H,63,64)(H,73,74)(H4,49,50,51)/t24-,27-,28-,29-,30-,31-,32-,33-,36-,37-/m0/s1. The van der Waals surface area contributed by atoms with Crippen molar-refractivity contribution in [3.05, 3.63) is 29.8 Å². The SMILES string of the molecule is CC[C@H](C)[C@@H]1NC(=O)[C@H](CCC(=O)O)NC(=O)[C@H](C(C)C)NC(=O)[C@H](CCC(=O)O)NC(=O)[C@@H]2CCCN2C(=O)[C@H](Cc2ccc(O)cc2)NC(=O)[C@H](CCCN=C(N)N)NC(=O)[C@@H](N)CSSC[C@@H](C(=O)O)NC1=O. The summed E-state index contributed by atoms with van der Waals surface area (Å²) in [5.41, 5.74) is 17.7. The molecule has 2 fully saturated rings. The van der Waals surface area contributed by atoms with E-state index in [-0.39, 0.29) is 74.8 Å². The Bertz CT molecular complexity index is 2270. The van der Waals surface area contributed by atoms with E-state index in [1.807, 2.05) is 0 Å². The number of fused-ring (bicyclic) bond motifs is 1. The minimum absolute atomic E-state index is 0.00414. The summed E-state index contributed by atoms with van der Waals surface area (Å²) in [5.74, 6) is -13.5. The van der Waals surface area contributed by atoms with Crippen LogP contribution in [-0.4, -0.2) is 175 Å². The molecule has 17 N–H and O–H groups in total. The summed E-state index contributed by atoms with van der Waals surface area (Å²) in [6, 6.07) is -7.31. The molecule has 0 radical (unpaired) electrons. The van der Waals surface area contributed by atoms with Crippen LogP contribution in [0.2, 0.25) is 0 Å². The van der Waals surface area contributed by atoms with Gasteiger partial charge in [0.15, 0.2) is 5.96 Å². The number of amides is 8. The minimum atomic E-state index is -1.63. The highest BCUT2D eigenvalue weighted by atomic mass is 33.1. The Morgan fingerprint density at radius 1 is 0.684 bits per heavy atom. The molecule has 0 unspecified atom stereocenters. The van der Waals surface area contributed by atoms with Gasteiger partial charge >= 0.3 is 17.9 Å². The van der Waals surface area contributed by atoms with Gasteiger partial charge < -0.3 is 79.7 Å². The molecule has 0 bridgehead atoms. The number of carbonyl (C=O) groups excluding carboxylic acids is 8. The molecule has 2 heterocycles. The number of carbonyl (C=O) groups is 11. The van der Waals surface area contributed by atoms with Crippen LogP contribution in [0, 0.1) is 11.8 Å². The molecule has 0 spiro atoms. The lowest BCUT2D eigenvalue weighted by Gasteiger charge is -2.31. The molecule has 10 atom stereocenters. The third kappa shape index (κ3) is 20.7. The molecule has 0 saturated carbocycles. The maximum absolute atomic E-state index is 14.7. The second-order valence-corrected chi connectivity index (χ2v) is 21.3. The Kier molecular flexibility index (Phi) is 26.1. The van der Waals surface area contributed by atoms with Crippen LogP contribution >= 0.6 is 21.6 Å². The number of hydrogen-bond donors (Lipinski definition) is 14. The van der Waals surface area contributed by atoms with Gasteiger partial charge in [0.25, 0.3) is 0 Å². The number of benzene rings is 1. The zero-order valence-electron chi connectivity index (χ0n) is 42.8. The fourth-order valence-electron chi connectivity index (χ4n) is 7.99. The molecule has 76 heavy (non-hydrogen) atoms. The lowest BCUT2D eigenvalue weighted by atomic mass is 9.97. The van der Waals surface area contributed by atoms with Crippen molar-refractivity contribution in [2.75, 3.05) is 24.6 Å². The molecule has 0 aromatic heterocycles. The summed E-state index contributed by atoms with van der Waals surface area (Å²) in [5, 5.41) is 57.0. The molecule has 3 rings (SSSR count). The maximum atomic E-state index is 14.7. The number of hydrogen-bond acceptors (Lipinski definition) is 16. The van der Waals surface area contributed by atoms with Crippen molar-refractivity contribution in [3.63, 3.8) is 0 Å². The quantitative estimate of drug-likeness (QED) is 0.0355. The van der Waals surface area contributed by atoms with Crippen LogP contribution < -0.4 is 54.4 Å². The molecule has 1 aromatic rings. The molecule has 2 saturated heterocycles. The average Bonchev–Trinajstić information content (AvgIpc) is 3.86. The van der Waals surface area contributed by atoms with Crippen molar-refractivity contribution in [3.8, 4) is 5.75 Å². The summed E-state index contributed by atoms with van der Waals surface area (Å²) in [6.07, 6.45) is -1.78. The van der Waals surface area contributed by atoms with Crippen molar-refractivity contribution in [1.82, 2.24) is 42.1 Å². The van der Waals surface area contributed by atoms with E-state index in [9.17, 15) is 73.2 Å². The van der Waals surface area contributed by atoms with Gasteiger partial charge in [0.1, 0.15) is 54.1 Å². The Labute approximate surface area is 447 Å². The van der Waals surface area contributed by atoms with E-state index in [2.05, 4.69) is 42.2 Å². The van der Waals surface area contributed by atoms with Gasteiger partial charge in [-0.1, -0.05) is 67.8 Å². The molecule has 29 heteroatoms. The summed E-state index contributed by atoms with van der Waals surface area (Å²) < 4.78 is 0. The first kappa shape index (κ1) is 63.4. The number of phenols is 1.